The van der Waals surface area contributed by atoms with Gasteiger partial charge in [-0.1, -0.05) is 31.2 Å². The molecule has 0 unspecified atom stereocenters. The summed E-state index contributed by atoms with van der Waals surface area (Å²) in [6, 6.07) is 9.34. The van der Waals surface area contributed by atoms with Gasteiger partial charge in [-0.3, -0.25) is 9.89 Å². The average Bonchev–Trinajstić information content (AvgIpc) is 2.54. The Kier molecular flexibility index (Phi) is 9.66. The Bertz CT molecular complexity index is 491. The highest BCUT2D eigenvalue weighted by atomic mass is 127. The van der Waals surface area contributed by atoms with Crippen LogP contribution in [0.4, 0.5) is 0 Å². The zero-order chi connectivity index (χ0) is 16.7. The molecular formula is C19H33IN4. The largest absolute Gasteiger partial charge is 0.354 e. The molecule has 1 aromatic rings. The molecule has 4 nitrogen and oxygen atoms in total. The van der Waals surface area contributed by atoms with Crippen LogP contribution in [-0.4, -0.2) is 37.0 Å². The highest BCUT2D eigenvalue weighted by Gasteiger charge is 2.15. The molecule has 0 spiro atoms. The first-order chi connectivity index (χ1) is 11.1. The van der Waals surface area contributed by atoms with Gasteiger partial charge in [0.25, 0.3) is 0 Å². The molecule has 136 valence electrons. The lowest BCUT2D eigenvalue weighted by molar-refractivity contribution is 0.185. The van der Waals surface area contributed by atoms with Crippen LogP contribution in [0.25, 0.3) is 0 Å². The van der Waals surface area contributed by atoms with Gasteiger partial charge in [-0.15, -0.1) is 24.0 Å². The van der Waals surface area contributed by atoms with Gasteiger partial charge < -0.3 is 10.6 Å². The molecule has 5 heteroatoms. The fourth-order valence-corrected chi connectivity index (χ4v) is 2.89. The van der Waals surface area contributed by atoms with Crippen LogP contribution in [-0.2, 0) is 13.1 Å². The number of hydrogen-bond donors (Lipinski definition) is 2. The van der Waals surface area contributed by atoms with Gasteiger partial charge in [0.05, 0.1) is 0 Å². The number of aliphatic imine (C=N–C) groups is 1. The zero-order valence-electron chi connectivity index (χ0n) is 15.5. The molecule has 1 aromatic carbocycles. The SMILES string of the molecule is CN=C(NCc1ccc(CN2CCC(C)CC2)cc1)NC(C)C.I. The van der Waals surface area contributed by atoms with Crippen molar-refractivity contribution in [2.45, 2.75) is 52.7 Å². The number of benzene rings is 1. The maximum atomic E-state index is 4.23. The van der Waals surface area contributed by atoms with Gasteiger partial charge >= 0.3 is 0 Å². The van der Waals surface area contributed by atoms with Crippen LogP contribution in [0.2, 0.25) is 0 Å². The zero-order valence-corrected chi connectivity index (χ0v) is 17.8. The van der Waals surface area contributed by atoms with Gasteiger partial charge in [0.1, 0.15) is 0 Å². The Morgan fingerprint density at radius 1 is 1.17 bits per heavy atom. The Morgan fingerprint density at radius 3 is 2.29 bits per heavy atom. The molecule has 0 saturated carbocycles. The lowest BCUT2D eigenvalue weighted by atomic mass is 9.99. The summed E-state index contributed by atoms with van der Waals surface area (Å²) < 4.78 is 0. The number of halogens is 1. The van der Waals surface area contributed by atoms with Crippen LogP contribution < -0.4 is 10.6 Å². The number of piperidine rings is 1. The van der Waals surface area contributed by atoms with E-state index in [0.29, 0.717) is 6.04 Å². The molecule has 0 aromatic heterocycles. The summed E-state index contributed by atoms with van der Waals surface area (Å²) >= 11 is 0. The van der Waals surface area contributed by atoms with E-state index in [1.54, 1.807) is 7.05 Å². The van der Waals surface area contributed by atoms with Gasteiger partial charge in [-0.25, -0.2) is 0 Å². The van der Waals surface area contributed by atoms with E-state index in [4.69, 9.17) is 0 Å². The third kappa shape index (κ3) is 7.38. The van der Waals surface area contributed by atoms with Gasteiger partial charge in [0, 0.05) is 26.2 Å². The van der Waals surface area contributed by atoms with E-state index in [0.717, 1.165) is 25.0 Å². The van der Waals surface area contributed by atoms with E-state index >= 15 is 0 Å². The van der Waals surface area contributed by atoms with Gasteiger partial charge in [0.15, 0.2) is 5.96 Å². The molecule has 1 aliphatic rings. The standard InChI is InChI=1S/C19H32N4.HI/c1-15(2)22-19(20-4)21-13-17-5-7-18(8-6-17)14-23-11-9-16(3)10-12-23;/h5-8,15-16H,9-14H2,1-4H3,(H2,20,21,22);1H. The van der Waals surface area contributed by atoms with Crippen molar-refractivity contribution in [3.63, 3.8) is 0 Å². The Labute approximate surface area is 164 Å². The van der Waals surface area contributed by atoms with Crippen molar-refractivity contribution >= 4 is 29.9 Å². The lowest BCUT2D eigenvalue weighted by Crippen LogP contribution is -2.40. The molecule has 1 heterocycles. The molecule has 0 amide bonds. The number of hydrogen-bond acceptors (Lipinski definition) is 2. The predicted octanol–water partition coefficient (Wildman–Crippen LogP) is 3.61. The molecular weight excluding hydrogens is 411 g/mol. The third-order valence-corrected chi connectivity index (χ3v) is 4.41. The molecule has 0 radical (unpaired) electrons. The minimum absolute atomic E-state index is 0. The molecule has 2 N–H and O–H groups in total. The fourth-order valence-electron chi connectivity index (χ4n) is 2.89. The third-order valence-electron chi connectivity index (χ3n) is 4.41. The number of guanidine groups is 1. The smallest absolute Gasteiger partial charge is 0.191 e. The summed E-state index contributed by atoms with van der Waals surface area (Å²) in [6.45, 7) is 10.9. The Morgan fingerprint density at radius 2 is 1.75 bits per heavy atom. The Hall–Kier alpha value is -0.820. The van der Waals surface area contributed by atoms with E-state index in [2.05, 4.69) is 65.6 Å². The Balaban J connectivity index is 0.00000288. The number of nitrogens with one attached hydrogen (secondary N) is 2. The molecule has 1 aliphatic heterocycles. The van der Waals surface area contributed by atoms with Gasteiger partial charge in [0.2, 0.25) is 0 Å². The molecule has 1 saturated heterocycles. The van der Waals surface area contributed by atoms with Crippen molar-refractivity contribution in [2.75, 3.05) is 20.1 Å². The summed E-state index contributed by atoms with van der Waals surface area (Å²) in [6.07, 6.45) is 2.67. The summed E-state index contributed by atoms with van der Waals surface area (Å²) in [5.74, 6) is 1.75. The topological polar surface area (TPSA) is 39.7 Å². The quantitative estimate of drug-likeness (QED) is 0.414. The lowest BCUT2D eigenvalue weighted by Gasteiger charge is -2.30. The molecule has 0 aliphatic carbocycles. The van der Waals surface area contributed by atoms with Crippen LogP contribution in [0.1, 0.15) is 44.7 Å². The minimum Gasteiger partial charge on any atom is -0.354 e. The maximum absolute atomic E-state index is 4.23. The van der Waals surface area contributed by atoms with Gasteiger partial charge in [-0.05, 0) is 56.8 Å². The van der Waals surface area contributed by atoms with Crippen LogP contribution in [0, 0.1) is 5.92 Å². The van der Waals surface area contributed by atoms with E-state index < -0.39 is 0 Å². The monoisotopic (exact) mass is 444 g/mol. The fraction of sp³-hybridized carbons (Fsp3) is 0.632. The van der Waals surface area contributed by atoms with Gasteiger partial charge in [-0.2, -0.15) is 0 Å². The minimum atomic E-state index is 0. The average molecular weight is 444 g/mol. The first-order valence-electron chi connectivity index (χ1n) is 8.84. The van der Waals surface area contributed by atoms with E-state index in [1.807, 2.05) is 0 Å². The molecule has 1 fully saturated rings. The van der Waals surface area contributed by atoms with E-state index in [1.165, 1.54) is 37.1 Å². The van der Waals surface area contributed by atoms with Crippen molar-refractivity contribution in [3.05, 3.63) is 35.4 Å². The first kappa shape index (κ1) is 21.2. The van der Waals surface area contributed by atoms with Crippen LogP contribution in [0.3, 0.4) is 0 Å². The second-order valence-electron chi connectivity index (χ2n) is 7.00. The summed E-state index contributed by atoms with van der Waals surface area (Å²) in [4.78, 5) is 6.80. The molecule has 2 rings (SSSR count). The number of likely N-dealkylation sites (tertiary alicyclic amines) is 1. The summed E-state index contributed by atoms with van der Waals surface area (Å²) in [7, 11) is 1.81. The summed E-state index contributed by atoms with van der Waals surface area (Å²) in [5.41, 5.74) is 2.70. The molecule has 0 atom stereocenters. The first-order valence-corrected chi connectivity index (χ1v) is 8.84. The highest BCUT2D eigenvalue weighted by molar-refractivity contribution is 14.0. The number of nitrogens with zero attached hydrogens (tertiary/aromatic N) is 2. The van der Waals surface area contributed by atoms with E-state index in [-0.39, 0.29) is 24.0 Å². The maximum Gasteiger partial charge on any atom is 0.191 e. The highest BCUT2D eigenvalue weighted by Crippen LogP contribution is 2.18. The van der Waals surface area contributed by atoms with Crippen molar-refractivity contribution in [1.82, 2.24) is 15.5 Å². The number of rotatable bonds is 5. The van der Waals surface area contributed by atoms with Crippen LogP contribution >= 0.6 is 24.0 Å². The van der Waals surface area contributed by atoms with Crippen molar-refractivity contribution < 1.29 is 0 Å². The van der Waals surface area contributed by atoms with Crippen LogP contribution in [0.5, 0.6) is 0 Å². The molecule has 0 bridgehead atoms. The van der Waals surface area contributed by atoms with Crippen molar-refractivity contribution in [1.29, 1.82) is 0 Å². The van der Waals surface area contributed by atoms with Crippen molar-refractivity contribution in [3.8, 4) is 0 Å². The predicted molar refractivity (Wildman–Crippen MR) is 114 cm³/mol. The summed E-state index contributed by atoms with van der Waals surface area (Å²) in [5, 5.41) is 6.65. The molecule has 24 heavy (non-hydrogen) atoms. The van der Waals surface area contributed by atoms with E-state index in [9.17, 15) is 0 Å². The second kappa shape index (κ2) is 10.9. The van der Waals surface area contributed by atoms with Crippen molar-refractivity contribution in [2.24, 2.45) is 10.9 Å². The second-order valence-corrected chi connectivity index (χ2v) is 7.00. The normalized spacial score (nSPS) is 16.8. The van der Waals surface area contributed by atoms with Crippen LogP contribution in [0.15, 0.2) is 29.3 Å².